The number of nitrogens with zero attached hydrogens (tertiary/aromatic N) is 2. The van der Waals surface area contributed by atoms with E-state index in [1.54, 1.807) is 36.7 Å². The molecule has 2 heterocycles. The molecule has 8 heteroatoms. The lowest BCUT2D eigenvalue weighted by atomic mass is 10.0. The summed E-state index contributed by atoms with van der Waals surface area (Å²) in [6, 6.07) is 13.6. The average Bonchev–Trinajstić information content (AvgIpc) is 2.95. The first-order valence-corrected chi connectivity index (χ1v) is 9.67. The summed E-state index contributed by atoms with van der Waals surface area (Å²) in [5.74, 6) is -1.44. The molecule has 1 aliphatic heterocycles. The van der Waals surface area contributed by atoms with Crippen LogP contribution in [0.3, 0.4) is 0 Å². The minimum atomic E-state index is -0.519. The monoisotopic (exact) mass is 441 g/mol. The van der Waals surface area contributed by atoms with E-state index >= 15 is 0 Å². The number of halogens is 3. The normalized spacial score (nSPS) is 13.9. The van der Waals surface area contributed by atoms with Gasteiger partial charge in [0.05, 0.1) is 17.1 Å². The van der Waals surface area contributed by atoms with E-state index in [1.807, 2.05) is 0 Å². The van der Waals surface area contributed by atoms with Crippen molar-refractivity contribution in [2.45, 2.75) is 6.54 Å². The highest BCUT2D eigenvalue weighted by molar-refractivity contribution is 6.41. The van der Waals surface area contributed by atoms with Crippen LogP contribution in [0.5, 0.6) is 0 Å². The lowest BCUT2D eigenvalue weighted by molar-refractivity contribution is -0.137. The molecule has 0 unspecified atom stereocenters. The maximum atomic E-state index is 13.3. The third kappa shape index (κ3) is 3.92. The molecule has 1 aromatic heterocycles. The van der Waals surface area contributed by atoms with E-state index in [-0.39, 0.29) is 22.8 Å². The fourth-order valence-corrected chi connectivity index (χ4v) is 3.63. The van der Waals surface area contributed by atoms with Crippen LogP contribution in [0.25, 0.3) is 5.57 Å². The van der Waals surface area contributed by atoms with Gasteiger partial charge in [0.1, 0.15) is 11.5 Å². The molecule has 1 N–H and O–H groups in total. The predicted molar refractivity (Wildman–Crippen MR) is 113 cm³/mol. The molecule has 150 valence electrons. The molecule has 5 nitrogen and oxygen atoms in total. The summed E-state index contributed by atoms with van der Waals surface area (Å²) in [5.41, 5.74) is 1.70. The van der Waals surface area contributed by atoms with Crippen LogP contribution in [0.1, 0.15) is 11.1 Å². The average molecular weight is 442 g/mol. The van der Waals surface area contributed by atoms with Crippen molar-refractivity contribution in [2.24, 2.45) is 0 Å². The fraction of sp³-hybridized carbons (Fsp3) is 0.0455. The lowest BCUT2D eigenvalue weighted by Gasteiger charge is -2.15. The van der Waals surface area contributed by atoms with Gasteiger partial charge < -0.3 is 5.32 Å². The van der Waals surface area contributed by atoms with Gasteiger partial charge in [-0.15, -0.1) is 0 Å². The Morgan fingerprint density at radius 3 is 2.43 bits per heavy atom. The maximum absolute atomic E-state index is 13.3. The van der Waals surface area contributed by atoms with Gasteiger partial charge in [-0.1, -0.05) is 35.3 Å². The molecular weight excluding hydrogens is 428 g/mol. The molecule has 0 fully saturated rings. The molecule has 2 amide bonds. The molecular formula is C22H14Cl2FN3O2. The summed E-state index contributed by atoms with van der Waals surface area (Å²) < 4.78 is 13.3. The summed E-state index contributed by atoms with van der Waals surface area (Å²) >= 11 is 12.3. The van der Waals surface area contributed by atoms with Crippen molar-refractivity contribution in [1.29, 1.82) is 0 Å². The zero-order valence-corrected chi connectivity index (χ0v) is 16.9. The minimum absolute atomic E-state index is 0.0504. The Labute approximate surface area is 181 Å². The molecule has 0 saturated carbocycles. The van der Waals surface area contributed by atoms with Gasteiger partial charge in [-0.05, 0) is 48.0 Å². The second-order valence-electron chi connectivity index (χ2n) is 6.56. The second kappa shape index (κ2) is 8.26. The highest BCUT2D eigenvalue weighted by atomic mass is 35.5. The molecule has 3 aromatic rings. The number of carbonyl (C=O) groups excluding carboxylic acids is 2. The van der Waals surface area contributed by atoms with Gasteiger partial charge in [0.2, 0.25) is 0 Å². The van der Waals surface area contributed by atoms with E-state index < -0.39 is 17.6 Å². The van der Waals surface area contributed by atoms with Gasteiger partial charge in [-0.25, -0.2) is 4.39 Å². The number of hydrogen-bond acceptors (Lipinski definition) is 4. The van der Waals surface area contributed by atoms with Gasteiger partial charge in [-0.3, -0.25) is 19.5 Å². The number of hydrogen-bond donors (Lipinski definition) is 1. The lowest BCUT2D eigenvalue weighted by Crippen LogP contribution is -2.32. The van der Waals surface area contributed by atoms with Crippen LogP contribution >= 0.6 is 23.2 Å². The Bertz CT molecular complexity index is 1160. The molecule has 2 aromatic carbocycles. The SMILES string of the molecule is O=C1C(Nc2ccc(F)cc2)=C(c2ccc(Cl)cc2Cl)C(=O)N1Cc1cccnc1. The number of carbonyl (C=O) groups is 2. The first-order valence-electron chi connectivity index (χ1n) is 8.91. The molecule has 30 heavy (non-hydrogen) atoms. The van der Waals surface area contributed by atoms with Gasteiger partial charge in [0.15, 0.2) is 0 Å². The van der Waals surface area contributed by atoms with Crippen LogP contribution in [0, 0.1) is 5.82 Å². The van der Waals surface area contributed by atoms with E-state index in [9.17, 15) is 14.0 Å². The number of pyridine rings is 1. The minimum Gasteiger partial charge on any atom is -0.350 e. The number of aromatic nitrogens is 1. The summed E-state index contributed by atoms with van der Waals surface area (Å²) in [6.07, 6.45) is 3.19. The van der Waals surface area contributed by atoms with Crippen LogP contribution in [0.4, 0.5) is 10.1 Å². The van der Waals surface area contributed by atoms with Crippen molar-refractivity contribution in [1.82, 2.24) is 9.88 Å². The molecule has 4 rings (SSSR count). The Kier molecular flexibility index (Phi) is 5.53. The smallest absolute Gasteiger partial charge is 0.278 e. The van der Waals surface area contributed by atoms with Gasteiger partial charge in [0, 0.05) is 28.7 Å². The van der Waals surface area contributed by atoms with Gasteiger partial charge >= 0.3 is 0 Å². The molecule has 0 aliphatic carbocycles. The zero-order chi connectivity index (χ0) is 21.3. The third-order valence-electron chi connectivity index (χ3n) is 4.55. The number of benzene rings is 2. The summed E-state index contributed by atoms with van der Waals surface area (Å²) in [4.78, 5) is 31.6. The van der Waals surface area contributed by atoms with Crippen molar-refractivity contribution in [3.8, 4) is 0 Å². The maximum Gasteiger partial charge on any atom is 0.278 e. The highest BCUT2D eigenvalue weighted by Crippen LogP contribution is 2.35. The van der Waals surface area contributed by atoms with Crippen molar-refractivity contribution in [3.05, 3.63) is 99.7 Å². The van der Waals surface area contributed by atoms with Crippen LogP contribution in [0.2, 0.25) is 10.0 Å². The van der Waals surface area contributed by atoms with Crippen LogP contribution in [-0.4, -0.2) is 21.7 Å². The van der Waals surface area contributed by atoms with Gasteiger partial charge in [-0.2, -0.15) is 0 Å². The van der Waals surface area contributed by atoms with Crippen LogP contribution in [-0.2, 0) is 16.1 Å². The van der Waals surface area contributed by atoms with E-state index in [0.29, 0.717) is 21.8 Å². The first-order chi connectivity index (χ1) is 14.4. The Morgan fingerprint density at radius 2 is 1.77 bits per heavy atom. The molecule has 0 radical (unpaired) electrons. The Morgan fingerprint density at radius 1 is 1.00 bits per heavy atom. The van der Waals surface area contributed by atoms with Crippen molar-refractivity contribution >= 4 is 46.3 Å². The number of rotatable bonds is 5. The molecule has 1 aliphatic rings. The summed E-state index contributed by atoms with van der Waals surface area (Å²) in [7, 11) is 0. The van der Waals surface area contributed by atoms with Crippen molar-refractivity contribution in [3.63, 3.8) is 0 Å². The number of imide groups is 1. The van der Waals surface area contributed by atoms with Crippen molar-refractivity contribution < 1.29 is 14.0 Å². The van der Waals surface area contributed by atoms with Crippen molar-refractivity contribution in [2.75, 3.05) is 5.32 Å². The number of anilines is 1. The third-order valence-corrected chi connectivity index (χ3v) is 5.09. The largest absolute Gasteiger partial charge is 0.350 e. The standard InChI is InChI=1S/C22H14Cl2FN3O2/c23-14-3-8-17(18(24)10-14)19-20(27-16-6-4-15(25)5-7-16)22(30)28(21(19)29)12-13-2-1-9-26-11-13/h1-11,27H,12H2. The Balaban J connectivity index is 1.78. The highest BCUT2D eigenvalue weighted by Gasteiger charge is 2.40. The Hall–Kier alpha value is -3.22. The fourth-order valence-electron chi connectivity index (χ4n) is 3.13. The quantitative estimate of drug-likeness (QED) is 0.570. The zero-order valence-electron chi connectivity index (χ0n) is 15.4. The van der Waals surface area contributed by atoms with E-state index in [1.165, 1.54) is 30.3 Å². The van der Waals surface area contributed by atoms with Gasteiger partial charge in [0.25, 0.3) is 11.8 Å². The van der Waals surface area contributed by atoms with E-state index in [4.69, 9.17) is 23.2 Å². The van der Waals surface area contributed by atoms with E-state index in [0.717, 1.165) is 4.90 Å². The summed E-state index contributed by atoms with van der Waals surface area (Å²) in [5, 5.41) is 3.59. The molecule has 0 saturated heterocycles. The topological polar surface area (TPSA) is 62.3 Å². The number of nitrogens with one attached hydrogen (secondary N) is 1. The predicted octanol–water partition coefficient (Wildman–Crippen LogP) is 4.92. The molecule has 0 bridgehead atoms. The van der Waals surface area contributed by atoms with Crippen LogP contribution < -0.4 is 5.32 Å². The number of amides is 2. The van der Waals surface area contributed by atoms with E-state index in [2.05, 4.69) is 10.3 Å². The first kappa shape index (κ1) is 20.1. The molecule has 0 spiro atoms. The second-order valence-corrected chi connectivity index (χ2v) is 7.41. The molecule has 0 atom stereocenters. The summed E-state index contributed by atoms with van der Waals surface area (Å²) in [6.45, 7) is 0.0504. The van der Waals surface area contributed by atoms with Crippen LogP contribution in [0.15, 0.2) is 72.7 Å².